The van der Waals surface area contributed by atoms with Crippen LogP contribution in [0.3, 0.4) is 0 Å². The number of hydrogen-bond acceptors (Lipinski definition) is 7. The van der Waals surface area contributed by atoms with Crippen LogP contribution >= 0.6 is 11.8 Å². The van der Waals surface area contributed by atoms with Crippen LogP contribution < -0.4 is 10.1 Å². The maximum absolute atomic E-state index is 11.2. The molecule has 1 aliphatic heterocycles. The second-order valence-electron chi connectivity index (χ2n) is 10.3. The third-order valence-electron chi connectivity index (χ3n) is 5.66. The summed E-state index contributed by atoms with van der Waals surface area (Å²) in [5.74, 6) is 1.64. The first-order chi connectivity index (χ1) is 15.5. The van der Waals surface area contributed by atoms with Crippen molar-refractivity contribution < 1.29 is 9.84 Å². The number of hydrogen-bond donors (Lipinski definition) is 2. The summed E-state index contributed by atoms with van der Waals surface area (Å²) < 4.78 is 6.47. The summed E-state index contributed by atoms with van der Waals surface area (Å²) in [5.41, 5.74) is 4.63. The quantitative estimate of drug-likeness (QED) is 0.431. The van der Waals surface area contributed by atoms with Crippen LogP contribution in [0.25, 0.3) is 11.3 Å². The van der Waals surface area contributed by atoms with E-state index in [1.165, 1.54) is 11.8 Å². The average Bonchev–Trinajstić information content (AvgIpc) is 2.89. The highest BCUT2D eigenvalue weighted by atomic mass is 32.2. The molecule has 2 heterocycles. The highest BCUT2D eigenvalue weighted by Gasteiger charge is 2.31. The van der Waals surface area contributed by atoms with E-state index in [9.17, 15) is 5.11 Å². The van der Waals surface area contributed by atoms with Gasteiger partial charge < -0.3 is 15.2 Å². The summed E-state index contributed by atoms with van der Waals surface area (Å²) in [7, 11) is 0. The molecular formula is C26H32N4O2S. The zero-order chi connectivity index (χ0) is 24.0. The standard InChI is InChI=1S/C26H32N4O2S/c1-8-33-24-28-23-20(29-30-24)16-11-9-10-12-19(16)27-22(32-23)15-13-17(25(2,3)4)21(31)18(14-15)26(5,6)7/h9-14,22,27,31H,8H2,1-7H3/t22-/m1/s1. The van der Waals surface area contributed by atoms with E-state index in [2.05, 4.69) is 69.0 Å². The Morgan fingerprint density at radius 2 is 1.64 bits per heavy atom. The monoisotopic (exact) mass is 464 g/mol. The predicted molar refractivity (Wildman–Crippen MR) is 134 cm³/mol. The van der Waals surface area contributed by atoms with Crippen molar-refractivity contribution in [2.45, 2.75) is 70.7 Å². The molecule has 174 valence electrons. The van der Waals surface area contributed by atoms with Crippen LogP contribution in [0.2, 0.25) is 0 Å². The molecule has 1 atom stereocenters. The Kier molecular flexibility index (Phi) is 6.03. The topological polar surface area (TPSA) is 80.2 Å². The van der Waals surface area contributed by atoms with Gasteiger partial charge in [-0.3, -0.25) is 0 Å². The van der Waals surface area contributed by atoms with Crippen LogP contribution in [0.15, 0.2) is 41.6 Å². The number of phenolic OH excluding ortho intramolecular Hbond substituents is 1. The first kappa shape index (κ1) is 23.4. The number of aromatic hydroxyl groups is 1. The molecule has 0 saturated heterocycles. The van der Waals surface area contributed by atoms with Crippen molar-refractivity contribution in [2.24, 2.45) is 0 Å². The van der Waals surface area contributed by atoms with Gasteiger partial charge in [-0.05, 0) is 34.8 Å². The van der Waals surface area contributed by atoms with Crippen LogP contribution in [0.4, 0.5) is 5.69 Å². The molecule has 2 aromatic carbocycles. The first-order valence-electron chi connectivity index (χ1n) is 11.3. The van der Waals surface area contributed by atoms with E-state index < -0.39 is 6.23 Å². The van der Waals surface area contributed by atoms with Crippen LogP contribution in [0.5, 0.6) is 11.6 Å². The molecule has 6 nitrogen and oxygen atoms in total. The van der Waals surface area contributed by atoms with Gasteiger partial charge in [-0.25, -0.2) is 0 Å². The second-order valence-corrected chi connectivity index (χ2v) is 11.6. The van der Waals surface area contributed by atoms with Gasteiger partial charge in [-0.1, -0.05) is 78.4 Å². The van der Waals surface area contributed by atoms with E-state index in [0.29, 0.717) is 22.5 Å². The van der Waals surface area contributed by atoms with Gasteiger partial charge >= 0.3 is 0 Å². The highest BCUT2D eigenvalue weighted by molar-refractivity contribution is 7.99. The smallest absolute Gasteiger partial charge is 0.247 e. The number of nitrogens with one attached hydrogen (secondary N) is 1. The lowest BCUT2D eigenvalue weighted by molar-refractivity contribution is 0.224. The van der Waals surface area contributed by atoms with Crippen molar-refractivity contribution in [3.05, 3.63) is 53.1 Å². The normalized spacial score (nSPS) is 15.7. The molecule has 0 bridgehead atoms. The number of para-hydroxylation sites is 1. The minimum absolute atomic E-state index is 0.241. The molecule has 0 fully saturated rings. The second kappa shape index (κ2) is 8.52. The van der Waals surface area contributed by atoms with Crippen molar-refractivity contribution in [3.8, 4) is 22.9 Å². The average molecular weight is 465 g/mol. The first-order valence-corrected chi connectivity index (χ1v) is 12.3. The Labute approximate surface area is 200 Å². The summed E-state index contributed by atoms with van der Waals surface area (Å²) >= 11 is 1.53. The molecule has 7 heteroatoms. The fourth-order valence-electron chi connectivity index (χ4n) is 3.94. The molecule has 0 unspecified atom stereocenters. The van der Waals surface area contributed by atoms with Crippen LogP contribution in [0, 0.1) is 0 Å². The van der Waals surface area contributed by atoms with Crippen molar-refractivity contribution in [1.82, 2.24) is 15.2 Å². The summed E-state index contributed by atoms with van der Waals surface area (Å²) in [6, 6.07) is 12.0. The number of fused-ring (bicyclic) bond motifs is 3. The number of thioether (sulfide) groups is 1. The summed E-state index contributed by atoms with van der Waals surface area (Å²) in [5, 5.41) is 24.0. The van der Waals surface area contributed by atoms with E-state index in [0.717, 1.165) is 33.7 Å². The Bertz CT molecular complexity index is 1150. The molecule has 0 saturated carbocycles. The number of rotatable bonds is 3. The van der Waals surface area contributed by atoms with Gasteiger partial charge in [0.25, 0.3) is 0 Å². The number of benzene rings is 2. The Morgan fingerprint density at radius 1 is 1.00 bits per heavy atom. The molecule has 33 heavy (non-hydrogen) atoms. The highest BCUT2D eigenvalue weighted by Crippen LogP contribution is 2.44. The number of aromatic nitrogens is 3. The molecule has 4 rings (SSSR count). The van der Waals surface area contributed by atoms with Crippen LogP contribution in [0.1, 0.15) is 71.4 Å². The van der Waals surface area contributed by atoms with Crippen molar-refractivity contribution >= 4 is 17.4 Å². The van der Waals surface area contributed by atoms with Gasteiger partial charge in [0.15, 0.2) is 11.9 Å². The Hall–Kier alpha value is -2.80. The lowest BCUT2D eigenvalue weighted by atomic mass is 9.78. The minimum atomic E-state index is -0.508. The molecule has 0 radical (unpaired) electrons. The zero-order valence-corrected chi connectivity index (χ0v) is 21.2. The predicted octanol–water partition coefficient (Wildman–Crippen LogP) is 6.45. The number of phenols is 1. The van der Waals surface area contributed by atoms with Gasteiger partial charge in [0.1, 0.15) is 5.75 Å². The van der Waals surface area contributed by atoms with E-state index >= 15 is 0 Å². The lowest BCUT2D eigenvalue weighted by Crippen LogP contribution is -2.22. The number of nitrogens with zero attached hydrogens (tertiary/aromatic N) is 3. The van der Waals surface area contributed by atoms with Gasteiger partial charge in [0.2, 0.25) is 11.0 Å². The van der Waals surface area contributed by atoms with Crippen molar-refractivity contribution in [3.63, 3.8) is 0 Å². The summed E-state index contributed by atoms with van der Waals surface area (Å²) in [6.07, 6.45) is -0.508. The van der Waals surface area contributed by atoms with Crippen molar-refractivity contribution in [2.75, 3.05) is 11.1 Å². The summed E-state index contributed by atoms with van der Waals surface area (Å²) in [6.45, 7) is 14.7. The van der Waals surface area contributed by atoms with Gasteiger partial charge in [-0.15, -0.1) is 10.2 Å². The van der Waals surface area contributed by atoms with E-state index in [1.807, 2.05) is 36.4 Å². The third kappa shape index (κ3) is 4.64. The van der Waals surface area contributed by atoms with E-state index in [4.69, 9.17) is 4.74 Å². The fraction of sp³-hybridized carbons (Fsp3) is 0.423. The fourth-order valence-corrected chi connectivity index (χ4v) is 4.44. The minimum Gasteiger partial charge on any atom is -0.507 e. The SMILES string of the molecule is CCSc1nnc2c(n1)O[C@H](c1cc(C(C)(C)C)c(O)c(C(C)(C)C)c1)Nc1ccccc1-2. The molecule has 2 N–H and O–H groups in total. The van der Waals surface area contributed by atoms with Crippen molar-refractivity contribution in [1.29, 1.82) is 0 Å². The Morgan fingerprint density at radius 3 is 2.24 bits per heavy atom. The zero-order valence-electron chi connectivity index (χ0n) is 20.4. The maximum atomic E-state index is 11.2. The maximum Gasteiger partial charge on any atom is 0.247 e. The lowest BCUT2D eigenvalue weighted by Gasteiger charge is -2.30. The molecule has 0 aliphatic carbocycles. The Balaban J connectivity index is 1.90. The summed E-state index contributed by atoms with van der Waals surface area (Å²) in [4.78, 5) is 4.68. The van der Waals surface area contributed by atoms with E-state index in [-0.39, 0.29) is 10.8 Å². The number of anilines is 1. The van der Waals surface area contributed by atoms with Gasteiger partial charge in [0, 0.05) is 27.9 Å². The molecule has 3 aromatic rings. The van der Waals surface area contributed by atoms with E-state index in [1.54, 1.807) is 0 Å². The van der Waals surface area contributed by atoms with Crippen LogP contribution in [-0.4, -0.2) is 26.0 Å². The van der Waals surface area contributed by atoms with Gasteiger partial charge in [0.05, 0.1) is 0 Å². The third-order valence-corrected chi connectivity index (χ3v) is 6.38. The van der Waals surface area contributed by atoms with Gasteiger partial charge in [-0.2, -0.15) is 4.98 Å². The molecular weight excluding hydrogens is 432 g/mol. The van der Waals surface area contributed by atoms with Crippen LogP contribution in [-0.2, 0) is 10.8 Å². The largest absolute Gasteiger partial charge is 0.507 e. The molecule has 0 amide bonds. The molecule has 1 aliphatic rings. The molecule has 0 spiro atoms. The molecule has 1 aromatic heterocycles. The number of ether oxygens (including phenoxy) is 1.